The molecule has 170 valence electrons. The Labute approximate surface area is 199 Å². The number of hydrogen-bond acceptors (Lipinski definition) is 8. The number of anilines is 1. The number of aromatic nitrogens is 3. The zero-order chi connectivity index (χ0) is 23.4. The molecule has 0 unspecified atom stereocenters. The summed E-state index contributed by atoms with van der Waals surface area (Å²) in [5.74, 6) is 0.651. The van der Waals surface area contributed by atoms with E-state index in [1.165, 1.54) is 35.1 Å². The average molecular weight is 491 g/mol. The third kappa shape index (κ3) is 5.13. The third-order valence-corrected chi connectivity index (χ3v) is 8.16. The van der Waals surface area contributed by atoms with E-state index in [0.717, 1.165) is 21.8 Å². The molecular weight excluding hydrogens is 464 g/mol. The Morgan fingerprint density at radius 3 is 2.72 bits per heavy atom. The molecule has 1 amide bonds. The fourth-order valence-electron chi connectivity index (χ4n) is 3.03. The molecule has 1 N–H and O–H groups in total. The van der Waals surface area contributed by atoms with Crippen molar-refractivity contribution in [3.63, 3.8) is 0 Å². The van der Waals surface area contributed by atoms with Gasteiger partial charge in [-0.25, -0.2) is 4.79 Å². The molecular formula is C22H26N4O3S3. The predicted molar refractivity (Wildman–Crippen MR) is 132 cm³/mol. The fourth-order valence-corrected chi connectivity index (χ4v) is 5.75. The lowest BCUT2D eigenvalue weighted by Crippen LogP contribution is -2.16. The molecule has 0 saturated heterocycles. The SMILES string of the molecule is C=CCn1c(SCC(=O)Nc2sc(C)c(C)c2C(=O)OC)nnc1-c1csc(C(C)C)c1. The quantitative estimate of drug-likeness (QED) is 0.242. The van der Waals surface area contributed by atoms with Crippen LogP contribution in [0.4, 0.5) is 5.00 Å². The average Bonchev–Trinajstić information content (AvgIpc) is 3.45. The van der Waals surface area contributed by atoms with Gasteiger partial charge in [0, 0.05) is 27.2 Å². The number of amides is 1. The molecule has 3 aromatic heterocycles. The summed E-state index contributed by atoms with van der Waals surface area (Å²) in [4.78, 5) is 27.0. The van der Waals surface area contributed by atoms with E-state index in [1.807, 2.05) is 18.4 Å². The van der Waals surface area contributed by atoms with E-state index in [4.69, 9.17) is 4.74 Å². The van der Waals surface area contributed by atoms with Gasteiger partial charge in [-0.15, -0.1) is 39.4 Å². The van der Waals surface area contributed by atoms with Gasteiger partial charge in [-0.3, -0.25) is 9.36 Å². The van der Waals surface area contributed by atoms with Gasteiger partial charge in [0.25, 0.3) is 0 Å². The number of methoxy groups -OCH3 is 1. The van der Waals surface area contributed by atoms with Crippen molar-refractivity contribution in [2.75, 3.05) is 18.2 Å². The molecule has 0 aliphatic heterocycles. The number of hydrogen-bond donors (Lipinski definition) is 1. The van der Waals surface area contributed by atoms with Crippen molar-refractivity contribution in [1.29, 1.82) is 0 Å². The van der Waals surface area contributed by atoms with Crippen LogP contribution in [0.3, 0.4) is 0 Å². The minimum Gasteiger partial charge on any atom is -0.465 e. The predicted octanol–water partition coefficient (Wildman–Crippen LogP) is 5.51. The normalized spacial score (nSPS) is 11.1. The van der Waals surface area contributed by atoms with E-state index in [9.17, 15) is 9.59 Å². The Morgan fingerprint density at radius 2 is 2.09 bits per heavy atom. The van der Waals surface area contributed by atoms with Crippen molar-refractivity contribution < 1.29 is 14.3 Å². The summed E-state index contributed by atoms with van der Waals surface area (Å²) in [5.41, 5.74) is 2.23. The van der Waals surface area contributed by atoms with Gasteiger partial charge in [-0.05, 0) is 31.4 Å². The topological polar surface area (TPSA) is 86.1 Å². The molecule has 0 spiro atoms. The first-order chi connectivity index (χ1) is 15.3. The number of nitrogens with one attached hydrogen (secondary N) is 1. The van der Waals surface area contributed by atoms with Crippen LogP contribution < -0.4 is 5.32 Å². The second-order valence-electron chi connectivity index (χ2n) is 7.41. The van der Waals surface area contributed by atoms with Crippen LogP contribution in [0.25, 0.3) is 11.4 Å². The minimum atomic E-state index is -0.457. The first-order valence-corrected chi connectivity index (χ1v) is 12.7. The van der Waals surface area contributed by atoms with Gasteiger partial charge >= 0.3 is 5.97 Å². The van der Waals surface area contributed by atoms with E-state index >= 15 is 0 Å². The lowest BCUT2D eigenvalue weighted by molar-refractivity contribution is -0.113. The van der Waals surface area contributed by atoms with Gasteiger partial charge in [0.1, 0.15) is 5.00 Å². The molecule has 3 aromatic rings. The standard InChI is InChI=1S/C22H26N4O3S3/c1-7-8-26-19(15-9-16(12(2)3)30-10-15)24-25-22(26)31-11-17(27)23-20-18(21(28)29-6)13(4)14(5)32-20/h7,9-10,12H,1,8,11H2,2-6H3,(H,23,27). The first-order valence-electron chi connectivity index (χ1n) is 10.0. The van der Waals surface area contributed by atoms with E-state index in [2.05, 4.69) is 47.4 Å². The third-order valence-electron chi connectivity index (χ3n) is 4.84. The van der Waals surface area contributed by atoms with Crippen molar-refractivity contribution in [2.45, 2.75) is 45.3 Å². The van der Waals surface area contributed by atoms with Crippen LogP contribution in [0.2, 0.25) is 0 Å². The van der Waals surface area contributed by atoms with E-state index < -0.39 is 5.97 Å². The molecule has 10 heteroatoms. The Kier molecular flexibility index (Phi) is 7.91. The van der Waals surface area contributed by atoms with Crippen molar-refractivity contribution in [3.05, 3.63) is 45.0 Å². The summed E-state index contributed by atoms with van der Waals surface area (Å²) in [6.45, 7) is 12.4. The highest BCUT2D eigenvalue weighted by atomic mass is 32.2. The molecule has 0 bridgehead atoms. The number of carbonyl (C=O) groups is 2. The molecule has 0 atom stereocenters. The Hall–Kier alpha value is -2.43. The number of allylic oxidation sites excluding steroid dienone is 1. The second kappa shape index (κ2) is 10.5. The number of thioether (sulfide) groups is 1. The van der Waals surface area contributed by atoms with E-state index in [-0.39, 0.29) is 11.7 Å². The molecule has 32 heavy (non-hydrogen) atoms. The summed E-state index contributed by atoms with van der Waals surface area (Å²) in [6.07, 6.45) is 1.78. The van der Waals surface area contributed by atoms with Gasteiger partial charge in [0.15, 0.2) is 11.0 Å². The highest BCUT2D eigenvalue weighted by Gasteiger charge is 2.22. The van der Waals surface area contributed by atoms with Gasteiger partial charge in [0.2, 0.25) is 5.91 Å². The lowest BCUT2D eigenvalue weighted by Gasteiger charge is -2.08. The van der Waals surface area contributed by atoms with Crippen LogP contribution in [0, 0.1) is 13.8 Å². The molecule has 7 nitrogen and oxygen atoms in total. The maximum atomic E-state index is 12.6. The number of aryl methyl sites for hydroxylation is 1. The number of carbonyl (C=O) groups excluding carboxylic acids is 2. The molecule has 3 rings (SSSR count). The molecule has 0 aliphatic carbocycles. The Bertz CT molecular complexity index is 1140. The van der Waals surface area contributed by atoms with Gasteiger partial charge in [-0.2, -0.15) is 0 Å². The largest absolute Gasteiger partial charge is 0.465 e. The number of ether oxygens (including phenoxy) is 1. The molecule has 0 saturated carbocycles. The summed E-state index contributed by atoms with van der Waals surface area (Å²) in [5, 5.41) is 14.7. The molecule has 0 aromatic carbocycles. The van der Waals surface area contributed by atoms with Gasteiger partial charge < -0.3 is 10.1 Å². The monoisotopic (exact) mass is 490 g/mol. The van der Waals surface area contributed by atoms with Crippen LogP contribution in [-0.2, 0) is 16.1 Å². The Morgan fingerprint density at radius 1 is 1.34 bits per heavy atom. The first kappa shape index (κ1) is 24.2. The van der Waals surface area contributed by atoms with Crippen LogP contribution in [0.15, 0.2) is 29.3 Å². The van der Waals surface area contributed by atoms with Crippen LogP contribution in [0.5, 0.6) is 0 Å². The summed E-state index contributed by atoms with van der Waals surface area (Å²) in [6, 6.07) is 2.13. The second-order valence-corrected chi connectivity index (χ2v) is 10.5. The fraction of sp³-hybridized carbons (Fsp3) is 0.364. The van der Waals surface area contributed by atoms with Gasteiger partial charge in [-0.1, -0.05) is 31.7 Å². The smallest absolute Gasteiger partial charge is 0.341 e. The van der Waals surface area contributed by atoms with Crippen LogP contribution >= 0.6 is 34.4 Å². The maximum Gasteiger partial charge on any atom is 0.341 e. The number of thiophene rings is 2. The summed E-state index contributed by atoms with van der Waals surface area (Å²) in [7, 11) is 1.33. The van der Waals surface area contributed by atoms with Gasteiger partial charge in [0.05, 0.1) is 18.4 Å². The van der Waals surface area contributed by atoms with Crippen LogP contribution in [0.1, 0.15) is 45.4 Å². The number of esters is 1. The van der Waals surface area contributed by atoms with Crippen molar-refractivity contribution in [3.8, 4) is 11.4 Å². The lowest BCUT2D eigenvalue weighted by atomic mass is 10.1. The zero-order valence-electron chi connectivity index (χ0n) is 18.7. The molecule has 0 radical (unpaired) electrons. The minimum absolute atomic E-state index is 0.132. The maximum absolute atomic E-state index is 12.6. The number of rotatable bonds is 9. The highest BCUT2D eigenvalue weighted by Crippen LogP contribution is 2.34. The highest BCUT2D eigenvalue weighted by molar-refractivity contribution is 7.99. The van der Waals surface area contributed by atoms with E-state index in [0.29, 0.717) is 28.2 Å². The zero-order valence-corrected chi connectivity index (χ0v) is 21.2. The van der Waals surface area contributed by atoms with Crippen molar-refractivity contribution >= 4 is 51.3 Å². The Balaban J connectivity index is 1.75. The number of nitrogens with zero attached hydrogens (tertiary/aromatic N) is 3. The summed E-state index contributed by atoms with van der Waals surface area (Å²) < 4.78 is 6.82. The van der Waals surface area contributed by atoms with Crippen LogP contribution in [-0.4, -0.2) is 39.5 Å². The molecule has 0 fully saturated rings. The summed E-state index contributed by atoms with van der Waals surface area (Å²) >= 11 is 4.36. The van der Waals surface area contributed by atoms with E-state index in [1.54, 1.807) is 17.4 Å². The van der Waals surface area contributed by atoms with Crippen molar-refractivity contribution in [1.82, 2.24) is 14.8 Å². The molecule has 3 heterocycles. The molecule has 0 aliphatic rings. The van der Waals surface area contributed by atoms with Crippen molar-refractivity contribution in [2.24, 2.45) is 0 Å².